The number of methoxy groups -OCH3 is 2. The van der Waals surface area contributed by atoms with Crippen LogP contribution in [0.15, 0.2) is 74.0 Å². The first-order chi connectivity index (χ1) is 16.3. The van der Waals surface area contributed by atoms with Crippen molar-refractivity contribution in [2.45, 2.75) is 0 Å². The number of aromatic amines is 2. The predicted molar refractivity (Wildman–Crippen MR) is 120 cm³/mol. The molecule has 0 spiro atoms. The maximum absolute atomic E-state index is 12.8. The number of nitrogens with zero attached hydrogens (tertiary/aromatic N) is 2. The molecular weight excluding hydrogens is 446 g/mol. The molecule has 12 heteroatoms. The molecule has 2 amide bonds. The molecule has 0 saturated carbocycles. The molecule has 0 aliphatic carbocycles. The molecule has 34 heavy (non-hydrogen) atoms. The lowest BCUT2D eigenvalue weighted by molar-refractivity contribution is -0.115. The Morgan fingerprint density at radius 1 is 1.00 bits per heavy atom. The highest BCUT2D eigenvalue weighted by Crippen LogP contribution is 2.28. The van der Waals surface area contributed by atoms with Gasteiger partial charge in [-0.2, -0.15) is 0 Å². The third-order valence-corrected chi connectivity index (χ3v) is 4.37. The third-order valence-electron chi connectivity index (χ3n) is 4.37. The molecule has 4 N–H and O–H groups in total. The largest absolute Gasteiger partial charge is 0.493 e. The van der Waals surface area contributed by atoms with Crippen LogP contribution in [-0.2, 0) is 4.79 Å². The van der Waals surface area contributed by atoms with Crippen molar-refractivity contribution in [2.24, 2.45) is 10.2 Å². The number of carbonyl (C=O) groups excluding carboxylic acids is 2. The van der Waals surface area contributed by atoms with Gasteiger partial charge in [0, 0.05) is 5.56 Å². The molecule has 2 aromatic carbocycles. The highest BCUT2D eigenvalue weighted by atomic mass is 16.5. The minimum Gasteiger partial charge on any atom is -0.493 e. The SMILES string of the molecule is COc1ccc(/C=C(/NC(=O)c2ccccc2)C(=O)N=Nc2c(O)[nH]c(=O)[nH]c2=O)cc1OC. The summed E-state index contributed by atoms with van der Waals surface area (Å²) in [4.78, 5) is 52.2. The molecule has 0 atom stereocenters. The normalized spacial score (nSPS) is 11.3. The second kappa shape index (κ2) is 10.5. The highest BCUT2D eigenvalue weighted by molar-refractivity contribution is 6.05. The first-order valence-electron chi connectivity index (χ1n) is 9.64. The van der Waals surface area contributed by atoms with Gasteiger partial charge in [0.05, 0.1) is 14.2 Å². The number of aromatic nitrogens is 2. The quantitative estimate of drug-likeness (QED) is 0.304. The van der Waals surface area contributed by atoms with Crippen molar-refractivity contribution in [3.8, 4) is 17.4 Å². The van der Waals surface area contributed by atoms with Gasteiger partial charge >= 0.3 is 11.6 Å². The third kappa shape index (κ3) is 5.62. The predicted octanol–water partition coefficient (Wildman–Crippen LogP) is 1.87. The molecule has 1 aromatic heterocycles. The smallest absolute Gasteiger partial charge is 0.328 e. The lowest BCUT2D eigenvalue weighted by Gasteiger charge is -2.10. The van der Waals surface area contributed by atoms with Crippen LogP contribution in [0.4, 0.5) is 5.69 Å². The summed E-state index contributed by atoms with van der Waals surface area (Å²) in [6, 6.07) is 12.9. The van der Waals surface area contributed by atoms with Crippen molar-refractivity contribution in [3.63, 3.8) is 0 Å². The van der Waals surface area contributed by atoms with Gasteiger partial charge in [-0.25, -0.2) is 4.79 Å². The highest BCUT2D eigenvalue weighted by Gasteiger charge is 2.16. The fraction of sp³-hybridized carbons (Fsp3) is 0.0909. The van der Waals surface area contributed by atoms with E-state index in [4.69, 9.17) is 9.47 Å². The summed E-state index contributed by atoms with van der Waals surface area (Å²) in [5, 5.41) is 19.0. The van der Waals surface area contributed by atoms with E-state index in [1.54, 1.807) is 48.5 Å². The molecule has 12 nitrogen and oxygen atoms in total. The Labute approximate surface area is 191 Å². The molecule has 0 bridgehead atoms. The van der Waals surface area contributed by atoms with Crippen LogP contribution in [0, 0.1) is 0 Å². The van der Waals surface area contributed by atoms with E-state index in [1.807, 2.05) is 9.97 Å². The van der Waals surface area contributed by atoms with Gasteiger partial charge in [-0.05, 0) is 35.9 Å². The zero-order valence-electron chi connectivity index (χ0n) is 18.0. The monoisotopic (exact) mass is 465 g/mol. The van der Waals surface area contributed by atoms with Crippen LogP contribution < -0.4 is 26.0 Å². The van der Waals surface area contributed by atoms with E-state index in [0.29, 0.717) is 17.1 Å². The summed E-state index contributed by atoms with van der Waals surface area (Å²) < 4.78 is 10.4. The van der Waals surface area contributed by atoms with Crippen molar-refractivity contribution in [2.75, 3.05) is 14.2 Å². The Morgan fingerprint density at radius 3 is 2.35 bits per heavy atom. The molecule has 174 valence electrons. The van der Waals surface area contributed by atoms with Crippen molar-refractivity contribution in [1.82, 2.24) is 15.3 Å². The minimum absolute atomic E-state index is 0.278. The van der Waals surface area contributed by atoms with E-state index < -0.39 is 34.6 Å². The Balaban J connectivity index is 2.00. The topological polar surface area (TPSA) is 175 Å². The molecular formula is C22H19N5O7. The molecule has 0 radical (unpaired) electrons. The fourth-order valence-corrected chi connectivity index (χ4v) is 2.75. The Hall–Kier alpha value is -5.00. The molecule has 0 saturated heterocycles. The molecule has 3 aromatic rings. The number of H-pyrrole nitrogens is 2. The average molecular weight is 465 g/mol. The number of azo groups is 1. The number of benzene rings is 2. The lowest BCUT2D eigenvalue weighted by Crippen LogP contribution is -2.26. The summed E-state index contributed by atoms with van der Waals surface area (Å²) >= 11 is 0. The Bertz CT molecular complexity index is 1390. The van der Waals surface area contributed by atoms with Crippen LogP contribution in [0.2, 0.25) is 0 Å². The van der Waals surface area contributed by atoms with Gasteiger partial charge in [0.1, 0.15) is 5.70 Å². The van der Waals surface area contributed by atoms with Gasteiger partial charge in [0.2, 0.25) is 11.6 Å². The summed E-state index contributed by atoms with van der Waals surface area (Å²) in [5.41, 5.74) is -2.26. The van der Waals surface area contributed by atoms with Gasteiger partial charge in [0.15, 0.2) is 11.5 Å². The maximum atomic E-state index is 12.8. The number of hydrogen-bond donors (Lipinski definition) is 4. The lowest BCUT2D eigenvalue weighted by atomic mass is 10.1. The number of amides is 2. The molecule has 0 aliphatic rings. The standard InChI is InChI=1S/C22H19N5O7/c1-33-15-9-8-12(11-16(15)34-2)10-14(23-18(28)13-6-4-3-5-7-13)19(29)27-26-17-20(30)24-22(32)25-21(17)31/h3-11H,1-2H3,(H,23,28)(H3,24,25,30,31,32)/b14-10+,27-26?. The number of aromatic hydroxyl groups is 1. The van der Waals surface area contributed by atoms with Crippen LogP contribution in [-0.4, -0.2) is 41.1 Å². The zero-order chi connectivity index (χ0) is 24.7. The van der Waals surface area contributed by atoms with Crippen LogP contribution >= 0.6 is 0 Å². The molecule has 0 unspecified atom stereocenters. The van der Waals surface area contributed by atoms with Crippen molar-refractivity contribution in [1.29, 1.82) is 0 Å². The van der Waals surface area contributed by atoms with Crippen LogP contribution in [0.1, 0.15) is 15.9 Å². The second-order valence-corrected chi connectivity index (χ2v) is 6.60. The van der Waals surface area contributed by atoms with E-state index in [-0.39, 0.29) is 11.3 Å². The van der Waals surface area contributed by atoms with Gasteiger partial charge in [0.25, 0.3) is 11.5 Å². The van der Waals surface area contributed by atoms with E-state index in [0.717, 1.165) is 0 Å². The summed E-state index contributed by atoms with van der Waals surface area (Å²) in [6.07, 6.45) is 1.32. The molecule has 0 fully saturated rings. The van der Waals surface area contributed by atoms with Crippen LogP contribution in [0.25, 0.3) is 6.08 Å². The van der Waals surface area contributed by atoms with Gasteiger partial charge in [-0.1, -0.05) is 24.3 Å². The second-order valence-electron chi connectivity index (χ2n) is 6.60. The molecule has 0 aliphatic heterocycles. The number of hydrogen-bond acceptors (Lipinski definition) is 8. The van der Waals surface area contributed by atoms with Crippen LogP contribution in [0.5, 0.6) is 17.4 Å². The van der Waals surface area contributed by atoms with E-state index in [9.17, 15) is 24.3 Å². The zero-order valence-corrected chi connectivity index (χ0v) is 18.0. The molecule has 3 rings (SSSR count). The number of carbonyl (C=O) groups is 2. The van der Waals surface area contributed by atoms with E-state index in [2.05, 4.69) is 15.5 Å². The number of nitrogens with one attached hydrogen (secondary N) is 3. The first kappa shape index (κ1) is 23.7. The van der Waals surface area contributed by atoms with E-state index in [1.165, 1.54) is 20.3 Å². The minimum atomic E-state index is -1.06. The molecule has 1 heterocycles. The number of rotatable bonds is 7. The van der Waals surface area contributed by atoms with Gasteiger partial charge in [-0.15, -0.1) is 10.2 Å². The van der Waals surface area contributed by atoms with Crippen molar-refractivity contribution >= 4 is 23.6 Å². The maximum Gasteiger partial charge on any atom is 0.328 e. The average Bonchev–Trinajstić information content (AvgIpc) is 2.83. The van der Waals surface area contributed by atoms with Gasteiger partial charge in [-0.3, -0.25) is 24.4 Å². The summed E-state index contributed by atoms with van der Waals surface area (Å²) in [6.45, 7) is 0. The van der Waals surface area contributed by atoms with Crippen molar-refractivity contribution < 1.29 is 24.2 Å². The first-order valence-corrected chi connectivity index (χ1v) is 9.64. The summed E-state index contributed by atoms with van der Waals surface area (Å²) in [5.74, 6) is -1.68. The van der Waals surface area contributed by atoms with E-state index >= 15 is 0 Å². The van der Waals surface area contributed by atoms with Crippen molar-refractivity contribution in [3.05, 3.63) is 86.2 Å². The fourth-order valence-electron chi connectivity index (χ4n) is 2.75. The Kier molecular flexibility index (Phi) is 7.34. The summed E-state index contributed by atoms with van der Waals surface area (Å²) in [7, 11) is 2.91. The van der Waals surface area contributed by atoms with Gasteiger partial charge < -0.3 is 19.9 Å². The number of ether oxygens (including phenoxy) is 2. The Morgan fingerprint density at radius 2 is 1.71 bits per heavy atom. The van der Waals surface area contributed by atoms with Crippen LogP contribution in [0.3, 0.4) is 0 Å².